The highest BCUT2D eigenvalue weighted by molar-refractivity contribution is 7.16. The van der Waals surface area contributed by atoms with Gasteiger partial charge in [-0.2, -0.15) is 0 Å². The quantitative estimate of drug-likeness (QED) is 0.911. The van der Waals surface area contributed by atoms with Crippen molar-refractivity contribution in [2.75, 3.05) is 12.3 Å². The normalized spacial score (nSPS) is 10.4. The molecule has 0 aromatic carbocycles. The predicted octanol–water partition coefficient (Wildman–Crippen LogP) is 3.00. The standard InChI is InChI=1S/C12H11Cl2N3OS/c13-8-2-4-10(15)17-11(8)12(18)16-6-5-7-1-3-9(14)19-7/h1-4H,5-6H2,(H2,15,17)(H,16,18). The monoisotopic (exact) mass is 315 g/mol. The van der Waals surface area contributed by atoms with Crippen LogP contribution in [0, 0.1) is 0 Å². The number of anilines is 1. The van der Waals surface area contributed by atoms with Gasteiger partial charge in [-0.1, -0.05) is 23.2 Å². The first-order valence-corrected chi connectivity index (χ1v) is 7.08. The number of nitrogens with two attached hydrogens (primary N) is 1. The number of nitrogen functional groups attached to an aromatic ring is 1. The van der Waals surface area contributed by atoms with E-state index >= 15 is 0 Å². The number of aromatic nitrogens is 1. The molecule has 2 heterocycles. The molecule has 0 atom stereocenters. The number of nitrogens with zero attached hydrogens (tertiary/aromatic N) is 1. The van der Waals surface area contributed by atoms with Crippen molar-refractivity contribution in [1.29, 1.82) is 0 Å². The molecule has 4 nitrogen and oxygen atoms in total. The number of halogens is 2. The van der Waals surface area contributed by atoms with E-state index in [0.717, 1.165) is 9.21 Å². The Hall–Kier alpha value is -1.30. The number of carbonyl (C=O) groups excluding carboxylic acids is 1. The van der Waals surface area contributed by atoms with Crippen molar-refractivity contribution in [1.82, 2.24) is 10.3 Å². The lowest BCUT2D eigenvalue weighted by atomic mass is 10.3. The van der Waals surface area contributed by atoms with E-state index in [9.17, 15) is 4.79 Å². The summed E-state index contributed by atoms with van der Waals surface area (Å²) in [6.45, 7) is 0.489. The molecule has 0 aliphatic rings. The number of nitrogens with one attached hydrogen (secondary N) is 1. The van der Waals surface area contributed by atoms with Crippen molar-refractivity contribution in [3.8, 4) is 0 Å². The summed E-state index contributed by atoms with van der Waals surface area (Å²) in [5.74, 6) is -0.0699. The maximum absolute atomic E-state index is 11.9. The summed E-state index contributed by atoms with van der Waals surface area (Å²) < 4.78 is 0.738. The van der Waals surface area contributed by atoms with Gasteiger partial charge in [0.2, 0.25) is 0 Å². The van der Waals surface area contributed by atoms with Crippen molar-refractivity contribution in [2.45, 2.75) is 6.42 Å². The van der Waals surface area contributed by atoms with Gasteiger partial charge in [-0.25, -0.2) is 4.98 Å². The van der Waals surface area contributed by atoms with Gasteiger partial charge in [0, 0.05) is 11.4 Å². The van der Waals surface area contributed by atoms with Crippen LogP contribution < -0.4 is 11.1 Å². The van der Waals surface area contributed by atoms with Crippen molar-refractivity contribution in [3.05, 3.63) is 44.2 Å². The Morgan fingerprint density at radius 2 is 2.11 bits per heavy atom. The fourth-order valence-electron chi connectivity index (χ4n) is 1.49. The summed E-state index contributed by atoms with van der Waals surface area (Å²) >= 11 is 13.2. The van der Waals surface area contributed by atoms with Gasteiger partial charge in [-0.05, 0) is 30.7 Å². The summed E-state index contributed by atoms with van der Waals surface area (Å²) in [4.78, 5) is 16.9. The molecule has 100 valence electrons. The molecule has 0 saturated carbocycles. The van der Waals surface area contributed by atoms with Gasteiger partial charge in [0.1, 0.15) is 11.5 Å². The third-order valence-corrected chi connectivity index (χ3v) is 3.96. The minimum absolute atomic E-state index is 0.144. The molecule has 0 aliphatic carbocycles. The summed E-state index contributed by atoms with van der Waals surface area (Å²) in [6.07, 6.45) is 0.711. The topological polar surface area (TPSA) is 68.0 Å². The van der Waals surface area contributed by atoms with Crippen LogP contribution in [-0.2, 0) is 6.42 Å². The lowest BCUT2D eigenvalue weighted by Crippen LogP contribution is -2.26. The molecule has 0 fully saturated rings. The number of amides is 1. The Balaban J connectivity index is 1.92. The Labute approximate surface area is 124 Å². The summed E-state index contributed by atoms with van der Waals surface area (Å²) in [6, 6.07) is 6.87. The zero-order valence-corrected chi connectivity index (χ0v) is 12.1. The third-order valence-electron chi connectivity index (χ3n) is 2.37. The van der Waals surface area contributed by atoms with Crippen molar-refractivity contribution in [3.63, 3.8) is 0 Å². The first kappa shape index (κ1) is 14.1. The molecule has 2 aromatic heterocycles. The first-order chi connectivity index (χ1) is 9.06. The van der Waals surface area contributed by atoms with Crippen LogP contribution in [0.1, 0.15) is 15.4 Å². The van der Waals surface area contributed by atoms with Crippen LogP contribution in [0.4, 0.5) is 5.82 Å². The average Bonchev–Trinajstić information content (AvgIpc) is 2.78. The molecule has 0 spiro atoms. The summed E-state index contributed by atoms with van der Waals surface area (Å²) in [7, 11) is 0. The van der Waals surface area contributed by atoms with E-state index in [1.807, 2.05) is 12.1 Å². The molecule has 1 amide bonds. The van der Waals surface area contributed by atoms with E-state index < -0.39 is 0 Å². The fraction of sp³-hybridized carbons (Fsp3) is 0.167. The maximum atomic E-state index is 11.9. The second-order valence-corrected chi connectivity index (χ2v) is 5.99. The fourth-order valence-corrected chi connectivity index (χ4v) is 2.76. The molecule has 0 unspecified atom stereocenters. The van der Waals surface area contributed by atoms with E-state index in [2.05, 4.69) is 10.3 Å². The Bertz CT molecular complexity index is 600. The molecule has 0 bridgehead atoms. The van der Waals surface area contributed by atoms with Gasteiger partial charge in [0.25, 0.3) is 5.91 Å². The lowest BCUT2D eigenvalue weighted by molar-refractivity contribution is 0.0949. The lowest BCUT2D eigenvalue weighted by Gasteiger charge is -2.05. The molecule has 0 aliphatic heterocycles. The minimum Gasteiger partial charge on any atom is -0.384 e. The number of thiophene rings is 1. The smallest absolute Gasteiger partial charge is 0.271 e. The highest BCUT2D eigenvalue weighted by Gasteiger charge is 2.12. The van der Waals surface area contributed by atoms with Crippen LogP contribution in [0.25, 0.3) is 0 Å². The molecule has 2 aromatic rings. The van der Waals surface area contributed by atoms with E-state index in [0.29, 0.717) is 13.0 Å². The van der Waals surface area contributed by atoms with Crippen LogP contribution in [0.5, 0.6) is 0 Å². The zero-order valence-electron chi connectivity index (χ0n) is 9.82. The SMILES string of the molecule is Nc1ccc(Cl)c(C(=O)NCCc2ccc(Cl)s2)n1. The predicted molar refractivity (Wildman–Crippen MR) is 79.0 cm³/mol. The Kier molecular flexibility index (Phi) is 4.63. The first-order valence-electron chi connectivity index (χ1n) is 5.50. The van der Waals surface area contributed by atoms with Gasteiger partial charge in [-0.15, -0.1) is 11.3 Å². The van der Waals surface area contributed by atoms with Crippen LogP contribution in [0.15, 0.2) is 24.3 Å². The van der Waals surface area contributed by atoms with Crippen LogP contribution >= 0.6 is 34.5 Å². The van der Waals surface area contributed by atoms with Crippen LogP contribution in [0.2, 0.25) is 9.36 Å². The molecule has 0 saturated heterocycles. The highest BCUT2D eigenvalue weighted by atomic mass is 35.5. The molecular formula is C12H11Cl2N3OS. The van der Waals surface area contributed by atoms with Gasteiger partial charge >= 0.3 is 0 Å². The summed E-state index contributed by atoms with van der Waals surface area (Å²) in [5, 5.41) is 3.03. The van der Waals surface area contributed by atoms with Crippen molar-refractivity contribution in [2.24, 2.45) is 0 Å². The van der Waals surface area contributed by atoms with Gasteiger partial charge in [0.15, 0.2) is 0 Å². The molecular weight excluding hydrogens is 305 g/mol. The number of hydrogen-bond donors (Lipinski definition) is 2. The average molecular weight is 316 g/mol. The maximum Gasteiger partial charge on any atom is 0.271 e. The highest BCUT2D eigenvalue weighted by Crippen LogP contribution is 2.21. The number of carbonyl (C=O) groups is 1. The number of rotatable bonds is 4. The van der Waals surface area contributed by atoms with E-state index in [1.165, 1.54) is 11.3 Å². The van der Waals surface area contributed by atoms with Gasteiger partial charge in [-0.3, -0.25) is 4.79 Å². The Morgan fingerprint density at radius 1 is 1.32 bits per heavy atom. The Morgan fingerprint density at radius 3 is 2.79 bits per heavy atom. The van der Waals surface area contributed by atoms with E-state index in [1.54, 1.807) is 12.1 Å². The largest absolute Gasteiger partial charge is 0.384 e. The second-order valence-electron chi connectivity index (χ2n) is 3.78. The van der Waals surface area contributed by atoms with Gasteiger partial charge < -0.3 is 11.1 Å². The van der Waals surface area contributed by atoms with Crippen molar-refractivity contribution < 1.29 is 4.79 Å². The molecule has 19 heavy (non-hydrogen) atoms. The zero-order chi connectivity index (χ0) is 13.8. The summed E-state index contributed by atoms with van der Waals surface area (Å²) in [5.41, 5.74) is 5.67. The van der Waals surface area contributed by atoms with Crippen molar-refractivity contribution >= 4 is 46.3 Å². The number of pyridine rings is 1. The minimum atomic E-state index is -0.333. The van der Waals surface area contributed by atoms with Gasteiger partial charge in [0.05, 0.1) is 9.36 Å². The molecule has 2 rings (SSSR count). The van der Waals surface area contributed by atoms with Crippen LogP contribution in [0.3, 0.4) is 0 Å². The van der Waals surface area contributed by atoms with Crippen LogP contribution in [-0.4, -0.2) is 17.4 Å². The third kappa shape index (κ3) is 3.83. The molecule has 7 heteroatoms. The number of hydrogen-bond acceptors (Lipinski definition) is 4. The second kappa shape index (κ2) is 6.23. The molecule has 3 N–H and O–H groups in total. The van der Waals surface area contributed by atoms with E-state index in [-0.39, 0.29) is 22.4 Å². The van der Waals surface area contributed by atoms with E-state index in [4.69, 9.17) is 28.9 Å². The molecule has 0 radical (unpaired) electrons.